The second-order valence-electron chi connectivity index (χ2n) is 7.50. The Morgan fingerprint density at radius 2 is 2.00 bits per heavy atom. The van der Waals surface area contributed by atoms with Crippen molar-refractivity contribution >= 4 is 39.1 Å². The van der Waals surface area contributed by atoms with Crippen molar-refractivity contribution in [2.75, 3.05) is 38.1 Å². The first-order chi connectivity index (χ1) is 13.6. The molecule has 1 aromatic carbocycles. The van der Waals surface area contributed by atoms with Crippen LogP contribution in [0.5, 0.6) is 0 Å². The van der Waals surface area contributed by atoms with E-state index in [1.54, 1.807) is 6.92 Å². The van der Waals surface area contributed by atoms with Crippen LogP contribution in [0, 0.1) is 0 Å². The van der Waals surface area contributed by atoms with E-state index in [0.717, 1.165) is 48.4 Å². The summed E-state index contributed by atoms with van der Waals surface area (Å²) in [6.45, 7) is 6.11. The van der Waals surface area contributed by atoms with Crippen molar-refractivity contribution in [2.24, 2.45) is 0 Å². The van der Waals surface area contributed by atoms with E-state index >= 15 is 0 Å². The molecule has 4 rings (SSSR count). The maximum Gasteiger partial charge on any atom is 0.348 e. The third-order valence-electron chi connectivity index (χ3n) is 5.58. The molecule has 3 heterocycles. The van der Waals surface area contributed by atoms with E-state index in [9.17, 15) is 9.59 Å². The lowest BCUT2D eigenvalue weighted by Crippen LogP contribution is -2.50. The zero-order valence-electron chi connectivity index (χ0n) is 16.3. The maximum absolute atomic E-state index is 12.8. The van der Waals surface area contributed by atoms with Crippen molar-refractivity contribution in [2.45, 2.75) is 38.6 Å². The van der Waals surface area contributed by atoms with Gasteiger partial charge >= 0.3 is 12.0 Å². The summed E-state index contributed by atoms with van der Waals surface area (Å²) < 4.78 is 6.08. The molecular formula is C21H27N3O3S. The minimum Gasteiger partial charge on any atom is -0.462 e. The van der Waals surface area contributed by atoms with E-state index in [4.69, 9.17) is 4.74 Å². The second kappa shape index (κ2) is 8.49. The molecule has 0 saturated carbocycles. The average molecular weight is 402 g/mol. The van der Waals surface area contributed by atoms with E-state index in [0.29, 0.717) is 17.5 Å². The Kier molecular flexibility index (Phi) is 5.82. The van der Waals surface area contributed by atoms with E-state index in [-0.39, 0.29) is 12.0 Å². The SMILES string of the molecule is CCOC(=O)c1cc2cc(NC(=O)N3CCC[C@H](N4CCCC4)C3)ccc2s1. The van der Waals surface area contributed by atoms with Gasteiger partial charge in [-0.2, -0.15) is 0 Å². The first-order valence-corrected chi connectivity index (χ1v) is 11.0. The van der Waals surface area contributed by atoms with Crippen molar-refractivity contribution in [3.8, 4) is 0 Å². The van der Waals surface area contributed by atoms with Gasteiger partial charge in [0.1, 0.15) is 4.88 Å². The number of carbonyl (C=O) groups is 2. The van der Waals surface area contributed by atoms with Crippen LogP contribution in [-0.2, 0) is 4.74 Å². The number of rotatable bonds is 4. The highest BCUT2D eigenvalue weighted by Gasteiger charge is 2.29. The molecule has 1 aromatic heterocycles. The molecule has 2 fully saturated rings. The van der Waals surface area contributed by atoms with Crippen molar-refractivity contribution in [1.82, 2.24) is 9.80 Å². The van der Waals surface area contributed by atoms with Crippen LogP contribution in [0.3, 0.4) is 0 Å². The number of piperidine rings is 1. The number of nitrogens with one attached hydrogen (secondary N) is 1. The van der Waals surface area contributed by atoms with Gasteiger partial charge in [-0.25, -0.2) is 9.59 Å². The van der Waals surface area contributed by atoms with Gasteiger partial charge < -0.3 is 15.0 Å². The number of carbonyl (C=O) groups excluding carboxylic acids is 2. The summed E-state index contributed by atoms with van der Waals surface area (Å²) in [5.74, 6) is -0.296. The Hall–Kier alpha value is -2.12. The molecule has 0 bridgehead atoms. The van der Waals surface area contributed by atoms with Crippen molar-refractivity contribution in [1.29, 1.82) is 0 Å². The summed E-state index contributed by atoms with van der Waals surface area (Å²) in [6, 6.07) is 8.05. The fourth-order valence-corrected chi connectivity index (χ4v) is 5.11. The largest absolute Gasteiger partial charge is 0.462 e. The lowest BCUT2D eigenvalue weighted by Gasteiger charge is -2.37. The van der Waals surface area contributed by atoms with E-state index < -0.39 is 0 Å². The minimum absolute atomic E-state index is 0.0379. The number of fused-ring (bicyclic) bond motifs is 1. The van der Waals surface area contributed by atoms with E-state index in [2.05, 4.69) is 10.2 Å². The highest BCUT2D eigenvalue weighted by molar-refractivity contribution is 7.20. The zero-order valence-corrected chi connectivity index (χ0v) is 17.1. The lowest BCUT2D eigenvalue weighted by atomic mass is 10.0. The summed E-state index contributed by atoms with van der Waals surface area (Å²) in [7, 11) is 0. The molecule has 28 heavy (non-hydrogen) atoms. The predicted octanol–water partition coefficient (Wildman–Crippen LogP) is 4.17. The molecule has 0 aliphatic carbocycles. The molecule has 0 unspecified atom stereocenters. The average Bonchev–Trinajstić information content (AvgIpc) is 3.38. The molecule has 150 valence electrons. The van der Waals surface area contributed by atoms with Gasteiger partial charge in [0.2, 0.25) is 0 Å². The molecule has 2 aliphatic heterocycles. The first-order valence-electron chi connectivity index (χ1n) is 10.1. The summed E-state index contributed by atoms with van der Waals surface area (Å²) in [5.41, 5.74) is 0.758. The van der Waals surface area contributed by atoms with Crippen LogP contribution in [0.1, 0.15) is 42.3 Å². The number of hydrogen-bond acceptors (Lipinski definition) is 5. The van der Waals surface area contributed by atoms with Crippen LogP contribution >= 0.6 is 11.3 Å². The number of thiophene rings is 1. The fourth-order valence-electron chi connectivity index (χ4n) is 4.17. The molecule has 2 aromatic rings. The predicted molar refractivity (Wildman–Crippen MR) is 112 cm³/mol. The number of likely N-dealkylation sites (tertiary alicyclic amines) is 2. The minimum atomic E-state index is -0.296. The molecule has 1 atom stereocenters. The molecular weight excluding hydrogens is 374 g/mol. The summed E-state index contributed by atoms with van der Waals surface area (Å²) in [6.07, 6.45) is 4.79. The van der Waals surface area contributed by atoms with Crippen molar-refractivity contribution in [3.63, 3.8) is 0 Å². The van der Waals surface area contributed by atoms with Crippen LogP contribution in [0.2, 0.25) is 0 Å². The molecule has 0 spiro atoms. The molecule has 0 radical (unpaired) electrons. The number of hydrogen-bond donors (Lipinski definition) is 1. The Balaban J connectivity index is 1.42. The van der Waals surface area contributed by atoms with Crippen LogP contribution < -0.4 is 5.32 Å². The summed E-state index contributed by atoms with van der Waals surface area (Å²) in [4.78, 5) is 29.8. The van der Waals surface area contributed by atoms with Gasteiger partial charge in [0.05, 0.1) is 6.61 Å². The topological polar surface area (TPSA) is 61.9 Å². The summed E-state index contributed by atoms with van der Waals surface area (Å²) >= 11 is 1.41. The van der Waals surface area contributed by atoms with Gasteiger partial charge in [-0.15, -0.1) is 11.3 Å². The third kappa shape index (κ3) is 4.15. The van der Waals surface area contributed by atoms with Crippen molar-refractivity contribution < 1.29 is 14.3 Å². The van der Waals surface area contributed by atoms with E-state index in [1.165, 1.54) is 30.6 Å². The quantitative estimate of drug-likeness (QED) is 0.781. The Labute approximate surface area is 169 Å². The van der Waals surface area contributed by atoms with Gasteiger partial charge in [-0.05, 0) is 75.3 Å². The number of benzene rings is 1. The number of ether oxygens (including phenoxy) is 1. The Morgan fingerprint density at radius 1 is 1.18 bits per heavy atom. The molecule has 7 heteroatoms. The van der Waals surface area contributed by atoms with Gasteiger partial charge in [-0.3, -0.25) is 4.90 Å². The van der Waals surface area contributed by atoms with Crippen LogP contribution in [0.15, 0.2) is 24.3 Å². The first kappa shape index (κ1) is 19.2. The van der Waals surface area contributed by atoms with Crippen molar-refractivity contribution in [3.05, 3.63) is 29.1 Å². The molecule has 2 saturated heterocycles. The van der Waals surface area contributed by atoms with Gasteiger partial charge in [0.25, 0.3) is 0 Å². The Bertz CT molecular complexity index is 860. The highest BCUT2D eigenvalue weighted by atomic mass is 32.1. The maximum atomic E-state index is 12.8. The molecule has 6 nitrogen and oxygen atoms in total. The van der Waals surface area contributed by atoms with Crippen LogP contribution in [-0.4, -0.2) is 60.6 Å². The fraction of sp³-hybridized carbons (Fsp3) is 0.524. The monoisotopic (exact) mass is 401 g/mol. The van der Waals surface area contributed by atoms with E-state index in [1.807, 2.05) is 29.2 Å². The van der Waals surface area contributed by atoms with Gasteiger partial charge in [0, 0.05) is 29.5 Å². The Morgan fingerprint density at radius 3 is 2.79 bits per heavy atom. The molecule has 1 N–H and O–H groups in total. The molecule has 2 aliphatic rings. The number of nitrogens with zero attached hydrogens (tertiary/aromatic N) is 2. The highest BCUT2D eigenvalue weighted by Crippen LogP contribution is 2.29. The smallest absolute Gasteiger partial charge is 0.348 e. The third-order valence-corrected chi connectivity index (χ3v) is 6.68. The van der Waals surface area contributed by atoms with Gasteiger partial charge in [0.15, 0.2) is 0 Å². The zero-order chi connectivity index (χ0) is 19.5. The van der Waals surface area contributed by atoms with Gasteiger partial charge in [-0.1, -0.05) is 0 Å². The molecule has 2 amide bonds. The lowest BCUT2D eigenvalue weighted by molar-refractivity contribution is 0.0532. The van der Waals surface area contributed by atoms with Crippen LogP contribution in [0.4, 0.5) is 10.5 Å². The number of urea groups is 1. The van der Waals surface area contributed by atoms with Crippen LogP contribution in [0.25, 0.3) is 10.1 Å². The standard InChI is InChI=1S/C21H27N3O3S/c1-2-27-20(25)19-13-15-12-16(7-8-18(15)28-19)22-21(26)24-11-5-6-17(14-24)23-9-3-4-10-23/h7-8,12-13,17H,2-6,9-11,14H2,1H3,(H,22,26)/t17-/m0/s1. The normalized spacial score (nSPS) is 20.5. The number of esters is 1. The summed E-state index contributed by atoms with van der Waals surface area (Å²) in [5, 5.41) is 3.98. The second-order valence-corrected chi connectivity index (χ2v) is 8.58. The number of anilines is 1. The number of amides is 2.